The highest BCUT2D eigenvalue weighted by Gasteiger charge is 2.56. The minimum Gasteiger partial charge on any atom is -1.00 e. The highest BCUT2D eigenvalue weighted by molar-refractivity contribution is 5.84. The number of fused-ring (bicyclic) bond motifs is 9. The van der Waals surface area contributed by atoms with E-state index in [0.29, 0.717) is 25.3 Å². The average Bonchev–Trinajstić information content (AvgIpc) is 3.32. The highest BCUT2D eigenvalue weighted by atomic mass is 79.9. The van der Waals surface area contributed by atoms with E-state index in [1.54, 1.807) is 0 Å². The molecule has 8 heterocycles. The number of pyridine rings is 2. The predicted molar refractivity (Wildman–Crippen MR) is 253 cm³/mol. The fourth-order valence-electron chi connectivity index (χ4n) is 13.5. The monoisotopic (exact) mass is 984 g/mol. The summed E-state index contributed by atoms with van der Waals surface area (Å²) < 4.78 is 16.0. The molecule has 6 aromatic rings. The first-order chi connectivity index (χ1) is 30.4. The Bertz CT molecular complexity index is 2400. The highest BCUT2D eigenvalue weighted by Crippen LogP contribution is 2.51. The smallest absolute Gasteiger partial charge is 0.135 e. The van der Waals surface area contributed by atoms with E-state index in [4.69, 9.17) is 19.4 Å². The number of aromatic nitrogens is 2. The van der Waals surface area contributed by atoms with E-state index in [2.05, 4.69) is 124 Å². The topological polar surface area (TPSA) is 44.2 Å². The third-order valence-corrected chi connectivity index (χ3v) is 16.4. The third-order valence-electron chi connectivity index (χ3n) is 16.4. The largest absolute Gasteiger partial charge is 1.00 e. The maximum absolute atomic E-state index is 6.92. The van der Waals surface area contributed by atoms with Crippen LogP contribution in [0.2, 0.25) is 0 Å². The first kappa shape index (κ1) is 46.8. The molecule has 12 rings (SSSR count). The lowest BCUT2D eigenvalue weighted by atomic mass is 9.70. The van der Waals surface area contributed by atoms with Crippen molar-refractivity contribution in [2.45, 2.75) is 89.8 Å². The molecule has 6 nitrogen and oxygen atoms in total. The molecule has 6 aliphatic rings. The molecule has 4 bridgehead atoms. The predicted octanol–water partition coefficient (Wildman–Crippen LogP) is 6.10. The first-order valence-corrected chi connectivity index (χ1v) is 23.8. The molecule has 10 atom stereocenters. The van der Waals surface area contributed by atoms with Gasteiger partial charge >= 0.3 is 0 Å². The van der Waals surface area contributed by atoms with E-state index in [1.165, 1.54) is 109 Å². The Kier molecular flexibility index (Phi) is 14.6. The van der Waals surface area contributed by atoms with Crippen molar-refractivity contribution in [3.8, 4) is 0 Å². The number of ether oxygens (including phenoxy) is 2. The zero-order chi connectivity index (χ0) is 42.3. The summed E-state index contributed by atoms with van der Waals surface area (Å²) in [6, 6.07) is 37.1. The van der Waals surface area contributed by atoms with Gasteiger partial charge in [-0.15, -0.1) is 13.2 Å². The lowest BCUT2D eigenvalue weighted by Crippen LogP contribution is -3.00. The van der Waals surface area contributed by atoms with Crippen LogP contribution in [0, 0.1) is 23.7 Å². The minimum atomic E-state index is -0.0273. The molecule has 0 radical (unpaired) electrons. The molecule has 0 N–H and O–H groups in total. The van der Waals surface area contributed by atoms with Gasteiger partial charge in [-0.25, -0.2) is 0 Å². The zero-order valence-electron chi connectivity index (χ0n) is 37.8. The van der Waals surface area contributed by atoms with Gasteiger partial charge in [-0.3, -0.25) is 9.97 Å². The molecule has 6 aliphatic heterocycles. The summed E-state index contributed by atoms with van der Waals surface area (Å²) in [5.74, 6) is 2.98. The van der Waals surface area contributed by atoms with E-state index in [1.807, 2.05) is 24.5 Å². The van der Waals surface area contributed by atoms with Crippen molar-refractivity contribution in [3.63, 3.8) is 0 Å². The van der Waals surface area contributed by atoms with Gasteiger partial charge in [0, 0.05) is 71.8 Å². The molecule has 2 aromatic heterocycles. The number of piperidine rings is 6. The van der Waals surface area contributed by atoms with Crippen molar-refractivity contribution >= 4 is 32.6 Å². The Labute approximate surface area is 402 Å². The molecular formula is C56H66Br2N4O2. The Hall–Kier alpha value is -3.76. The molecule has 64 heavy (non-hydrogen) atoms. The van der Waals surface area contributed by atoms with E-state index >= 15 is 0 Å². The third kappa shape index (κ3) is 8.68. The summed E-state index contributed by atoms with van der Waals surface area (Å²) in [5, 5.41) is 5.10. The van der Waals surface area contributed by atoms with Crippen LogP contribution in [0.15, 0.2) is 135 Å². The van der Waals surface area contributed by atoms with Crippen LogP contribution in [-0.2, 0) is 22.6 Å². The maximum Gasteiger partial charge on any atom is 0.135 e. The molecule has 6 fully saturated rings. The second-order valence-electron chi connectivity index (χ2n) is 19.5. The van der Waals surface area contributed by atoms with Crippen LogP contribution in [-0.4, -0.2) is 70.4 Å². The number of hydrogen-bond acceptors (Lipinski definition) is 4. The number of hydrogen-bond donors (Lipinski definition) is 0. The van der Waals surface area contributed by atoms with Crippen LogP contribution in [0.1, 0.15) is 86.8 Å². The minimum absolute atomic E-state index is 0. The van der Waals surface area contributed by atoms with Crippen molar-refractivity contribution in [2.24, 2.45) is 23.7 Å². The SMILES string of the molecule is C=CCO[C@@H](c1ccnc2ccccc12)[C@H]1C[C@@H]2CC[N+]1(Cc1ccc3ccc(C[N+]45CC[C@@H](C[C@@H]4[C@@H](OCC=C)c4ccnc6ccccc46)[C@@H](CC)C5)cc3c1)C[C@@H]2CC.[Br-].[Br-]. The molecule has 336 valence electrons. The van der Waals surface area contributed by atoms with Crippen molar-refractivity contribution in [1.82, 2.24) is 9.97 Å². The van der Waals surface area contributed by atoms with Crippen LogP contribution in [0.4, 0.5) is 0 Å². The fourth-order valence-corrected chi connectivity index (χ4v) is 13.5. The van der Waals surface area contributed by atoms with Gasteiger partial charge in [-0.2, -0.15) is 0 Å². The Balaban J connectivity index is 0.00000280. The summed E-state index contributed by atoms with van der Waals surface area (Å²) in [6.45, 7) is 20.9. The molecule has 0 amide bonds. The van der Waals surface area contributed by atoms with Crippen LogP contribution < -0.4 is 34.0 Å². The van der Waals surface area contributed by atoms with Crippen LogP contribution in [0.3, 0.4) is 0 Å². The van der Waals surface area contributed by atoms with Crippen molar-refractivity contribution in [1.29, 1.82) is 0 Å². The van der Waals surface area contributed by atoms with Gasteiger partial charge in [0.1, 0.15) is 37.4 Å². The lowest BCUT2D eigenvalue weighted by molar-refractivity contribution is -0.986. The van der Waals surface area contributed by atoms with Crippen molar-refractivity contribution in [2.75, 3.05) is 39.4 Å². The van der Waals surface area contributed by atoms with Gasteiger partial charge in [0.15, 0.2) is 0 Å². The van der Waals surface area contributed by atoms with Gasteiger partial charge < -0.3 is 52.4 Å². The van der Waals surface area contributed by atoms with Crippen LogP contribution in [0.5, 0.6) is 0 Å². The van der Waals surface area contributed by atoms with E-state index < -0.39 is 0 Å². The number of nitrogens with zero attached hydrogens (tertiary/aromatic N) is 4. The zero-order valence-corrected chi connectivity index (χ0v) is 41.0. The van der Waals surface area contributed by atoms with Crippen LogP contribution >= 0.6 is 0 Å². The summed E-state index contributed by atoms with van der Waals surface area (Å²) in [7, 11) is 0. The molecule has 0 saturated carbocycles. The summed E-state index contributed by atoms with van der Waals surface area (Å²) in [6.07, 6.45) is 15.2. The molecule has 8 heteroatoms. The van der Waals surface area contributed by atoms with Gasteiger partial charge in [0.2, 0.25) is 0 Å². The van der Waals surface area contributed by atoms with E-state index in [0.717, 1.165) is 56.8 Å². The number of para-hydroxylation sites is 2. The fraction of sp³-hybridized carbons (Fsp3) is 0.429. The molecule has 0 aliphatic carbocycles. The Morgan fingerprint density at radius 1 is 0.609 bits per heavy atom. The molecular weight excluding hydrogens is 920 g/mol. The van der Waals surface area contributed by atoms with Crippen molar-refractivity contribution in [3.05, 3.63) is 157 Å². The Morgan fingerprint density at radius 3 is 1.50 bits per heavy atom. The molecule has 2 unspecified atom stereocenters. The number of benzene rings is 4. The average molecular weight is 987 g/mol. The lowest BCUT2D eigenvalue weighted by Gasteiger charge is -2.59. The quantitative estimate of drug-likeness (QED) is 0.0870. The first-order valence-electron chi connectivity index (χ1n) is 23.8. The van der Waals surface area contributed by atoms with Gasteiger partial charge in [-0.1, -0.05) is 86.7 Å². The van der Waals surface area contributed by atoms with Gasteiger partial charge in [0.05, 0.1) is 50.4 Å². The Morgan fingerprint density at radius 2 is 1.06 bits per heavy atom. The summed E-state index contributed by atoms with van der Waals surface area (Å²) in [4.78, 5) is 9.51. The van der Waals surface area contributed by atoms with E-state index in [9.17, 15) is 0 Å². The van der Waals surface area contributed by atoms with Gasteiger partial charge in [0.25, 0.3) is 0 Å². The number of quaternary nitrogens is 2. The maximum atomic E-state index is 6.92. The standard InChI is InChI=1S/C56H66N4O2.2BrH/c1-5-29-61-55(49-21-25-57-51-15-11-9-13-47(49)51)53-33-44-23-27-59(53,37-41(44)7-3)35-39-17-19-43-20-18-40(32-46(43)31-39)36-60-28-24-45(42(8-4)38-60)34-54(60)56(62-30-6-2)50-22-26-58-52-16-12-10-14-48(50)52;;/h5-6,9-22,25-26,31-32,41-42,44-45,53-56H,1-2,7-8,23-24,27-30,33-38H2,3-4H3;2*1H/q+2;;/p-2/t41-,42-,44-,45-,53+,54+,55-,56-,59?,60?;;/m0../s1. The van der Waals surface area contributed by atoms with E-state index in [-0.39, 0.29) is 46.2 Å². The number of rotatable bonds is 16. The molecule has 0 spiro atoms. The second-order valence-corrected chi connectivity index (χ2v) is 19.5. The molecule has 6 saturated heterocycles. The summed E-state index contributed by atoms with van der Waals surface area (Å²) >= 11 is 0. The normalized spacial score (nSPS) is 28.0. The molecule has 4 aromatic carbocycles. The van der Waals surface area contributed by atoms with Crippen molar-refractivity contribution < 1.29 is 52.4 Å². The van der Waals surface area contributed by atoms with Crippen LogP contribution in [0.25, 0.3) is 32.6 Å². The summed E-state index contributed by atoms with van der Waals surface area (Å²) in [5.41, 5.74) is 7.51. The number of halogens is 2. The second kappa shape index (κ2) is 20.0. The van der Waals surface area contributed by atoms with Gasteiger partial charge in [-0.05, 0) is 83.0 Å².